The number of hydrogen-bond donors (Lipinski definition) is 1. The Labute approximate surface area is 171 Å². The minimum atomic E-state index is 0. The topological polar surface area (TPSA) is 69.8 Å². The Balaban J connectivity index is 0.00000243. The van der Waals surface area contributed by atoms with Crippen LogP contribution in [0.5, 0.6) is 0 Å². The van der Waals surface area contributed by atoms with Crippen molar-refractivity contribution in [1.29, 1.82) is 0 Å². The van der Waals surface area contributed by atoms with Gasteiger partial charge in [0.15, 0.2) is 11.8 Å². The number of anilines is 1. The zero-order chi connectivity index (χ0) is 17.8. The van der Waals surface area contributed by atoms with Crippen LogP contribution in [0, 0.1) is 20.8 Å². The van der Waals surface area contributed by atoms with Crippen LogP contribution in [-0.2, 0) is 6.54 Å². The summed E-state index contributed by atoms with van der Waals surface area (Å²) >= 11 is 0. The van der Waals surface area contributed by atoms with E-state index < -0.39 is 0 Å². The molecule has 0 saturated carbocycles. The molecule has 0 atom stereocenters. The summed E-state index contributed by atoms with van der Waals surface area (Å²) in [6.07, 6.45) is 0. The largest absolute Gasteiger partial charge is 0.368 e. The maximum Gasteiger partial charge on any atom is 0.223 e. The molecule has 3 rings (SSSR count). The van der Waals surface area contributed by atoms with Crippen molar-refractivity contribution in [2.24, 2.45) is 4.99 Å². The van der Waals surface area contributed by atoms with Crippen LogP contribution in [0.15, 0.2) is 27.7 Å². The summed E-state index contributed by atoms with van der Waals surface area (Å²) in [5.74, 6) is 2.10. The molecule has 1 N–H and O–H groups in total. The number of guanidine groups is 1. The predicted molar refractivity (Wildman–Crippen MR) is 114 cm³/mol. The minimum absolute atomic E-state index is 0. The van der Waals surface area contributed by atoms with Crippen molar-refractivity contribution in [3.8, 4) is 0 Å². The normalized spacial score (nSPS) is 15.0. The number of aryl methyl sites for hydroxylation is 2. The number of nitrogens with one attached hydrogen (secondary N) is 1. The van der Waals surface area contributed by atoms with Gasteiger partial charge in [0.2, 0.25) is 5.89 Å². The molecule has 2 heterocycles. The lowest BCUT2D eigenvalue weighted by Gasteiger charge is -2.38. The Morgan fingerprint density at radius 3 is 2.54 bits per heavy atom. The Morgan fingerprint density at radius 1 is 1.19 bits per heavy atom. The molecule has 1 aromatic heterocycles. The van der Waals surface area contributed by atoms with Crippen LogP contribution in [-0.4, -0.2) is 54.2 Å². The summed E-state index contributed by atoms with van der Waals surface area (Å²) in [5, 5.41) is 7.22. The average Bonchev–Trinajstić information content (AvgIpc) is 3.04. The Hall–Kier alpha value is -1.84. The number of halogens is 1. The average molecular weight is 470 g/mol. The molecule has 0 amide bonds. The summed E-state index contributed by atoms with van der Waals surface area (Å²) in [7, 11) is 1.81. The van der Waals surface area contributed by atoms with Crippen LogP contribution in [0.4, 0.5) is 5.69 Å². The molecule has 1 fully saturated rings. The number of hydrogen-bond acceptors (Lipinski definition) is 5. The van der Waals surface area contributed by atoms with Crippen molar-refractivity contribution >= 4 is 35.6 Å². The molecule has 0 aliphatic carbocycles. The first-order valence-corrected chi connectivity index (χ1v) is 8.64. The van der Waals surface area contributed by atoms with E-state index in [1.807, 2.05) is 0 Å². The zero-order valence-electron chi connectivity index (χ0n) is 15.8. The molecule has 8 heteroatoms. The Morgan fingerprint density at radius 2 is 1.92 bits per heavy atom. The van der Waals surface area contributed by atoms with Crippen molar-refractivity contribution in [2.45, 2.75) is 27.3 Å². The third-order valence-electron chi connectivity index (χ3n) is 4.68. The quantitative estimate of drug-likeness (QED) is 0.423. The fourth-order valence-electron chi connectivity index (χ4n) is 3.14. The second kappa shape index (κ2) is 9.20. The second-order valence-electron chi connectivity index (χ2n) is 6.32. The zero-order valence-corrected chi connectivity index (χ0v) is 18.2. The lowest BCUT2D eigenvalue weighted by atomic mass is 10.1. The highest BCUT2D eigenvalue weighted by molar-refractivity contribution is 14.0. The van der Waals surface area contributed by atoms with Crippen LogP contribution in [0.1, 0.15) is 22.8 Å². The third kappa shape index (κ3) is 4.66. The van der Waals surface area contributed by atoms with Gasteiger partial charge in [-0.05, 0) is 31.0 Å². The van der Waals surface area contributed by atoms with E-state index in [9.17, 15) is 0 Å². The van der Waals surface area contributed by atoms with Gasteiger partial charge in [-0.25, -0.2) is 0 Å². The van der Waals surface area contributed by atoms with Crippen LogP contribution >= 0.6 is 24.0 Å². The van der Waals surface area contributed by atoms with Gasteiger partial charge in [-0.15, -0.1) is 24.0 Å². The highest BCUT2D eigenvalue weighted by Crippen LogP contribution is 2.23. The van der Waals surface area contributed by atoms with Gasteiger partial charge in [0.05, 0.1) is 6.54 Å². The van der Waals surface area contributed by atoms with Crippen molar-refractivity contribution < 1.29 is 4.52 Å². The van der Waals surface area contributed by atoms with Gasteiger partial charge in [-0.3, -0.25) is 4.99 Å². The lowest BCUT2D eigenvalue weighted by Crippen LogP contribution is -2.52. The van der Waals surface area contributed by atoms with E-state index >= 15 is 0 Å². The van der Waals surface area contributed by atoms with Gasteiger partial charge in [0, 0.05) is 45.8 Å². The lowest BCUT2D eigenvalue weighted by molar-refractivity contribution is 0.369. The molecule has 0 bridgehead atoms. The number of piperazine rings is 1. The van der Waals surface area contributed by atoms with Crippen molar-refractivity contribution in [1.82, 2.24) is 20.4 Å². The number of rotatable bonds is 3. The first-order chi connectivity index (χ1) is 12.1. The maximum absolute atomic E-state index is 5.00. The molecule has 0 unspecified atom stereocenters. The number of nitrogens with zero attached hydrogens (tertiary/aromatic N) is 5. The van der Waals surface area contributed by atoms with Gasteiger partial charge >= 0.3 is 0 Å². The van der Waals surface area contributed by atoms with Crippen molar-refractivity contribution in [2.75, 3.05) is 38.1 Å². The number of aliphatic imine (C=N–C) groups is 1. The minimum Gasteiger partial charge on any atom is -0.368 e. The van der Waals surface area contributed by atoms with Crippen LogP contribution in [0.2, 0.25) is 0 Å². The monoisotopic (exact) mass is 470 g/mol. The fourth-order valence-corrected chi connectivity index (χ4v) is 3.14. The fraction of sp³-hybridized carbons (Fsp3) is 0.500. The molecular weight excluding hydrogens is 443 g/mol. The molecular formula is C18H27IN6O. The predicted octanol–water partition coefficient (Wildman–Crippen LogP) is 2.51. The number of aromatic nitrogens is 2. The SMILES string of the molecule is CN=C(NCc1noc(C)n1)N1CCN(c2cccc(C)c2C)CC1.I. The van der Waals surface area contributed by atoms with E-state index in [0.29, 0.717) is 18.3 Å². The molecule has 0 radical (unpaired) electrons. The van der Waals surface area contributed by atoms with Gasteiger partial charge < -0.3 is 19.6 Å². The molecule has 1 saturated heterocycles. The summed E-state index contributed by atoms with van der Waals surface area (Å²) in [6, 6.07) is 6.52. The van der Waals surface area contributed by atoms with E-state index in [2.05, 4.69) is 62.3 Å². The Kier molecular flexibility index (Phi) is 7.24. The van der Waals surface area contributed by atoms with E-state index in [1.54, 1.807) is 14.0 Å². The van der Waals surface area contributed by atoms with E-state index in [4.69, 9.17) is 4.52 Å². The summed E-state index contributed by atoms with van der Waals surface area (Å²) in [5.41, 5.74) is 4.05. The highest BCUT2D eigenvalue weighted by Gasteiger charge is 2.21. The van der Waals surface area contributed by atoms with Gasteiger partial charge in [-0.1, -0.05) is 17.3 Å². The van der Waals surface area contributed by atoms with Gasteiger partial charge in [-0.2, -0.15) is 4.98 Å². The van der Waals surface area contributed by atoms with Crippen LogP contribution in [0.25, 0.3) is 0 Å². The smallest absolute Gasteiger partial charge is 0.223 e. The van der Waals surface area contributed by atoms with E-state index in [0.717, 1.165) is 32.1 Å². The Bertz CT molecular complexity index is 752. The summed E-state index contributed by atoms with van der Waals surface area (Å²) in [4.78, 5) is 13.3. The molecule has 0 spiro atoms. The van der Waals surface area contributed by atoms with Gasteiger partial charge in [0.25, 0.3) is 0 Å². The van der Waals surface area contributed by atoms with E-state index in [1.165, 1.54) is 16.8 Å². The van der Waals surface area contributed by atoms with Crippen molar-refractivity contribution in [3.05, 3.63) is 41.0 Å². The molecule has 1 aliphatic rings. The van der Waals surface area contributed by atoms with Crippen LogP contribution in [0.3, 0.4) is 0 Å². The molecule has 2 aromatic rings. The molecule has 26 heavy (non-hydrogen) atoms. The van der Waals surface area contributed by atoms with Gasteiger partial charge in [0.1, 0.15) is 0 Å². The third-order valence-corrected chi connectivity index (χ3v) is 4.68. The first kappa shape index (κ1) is 20.5. The van der Waals surface area contributed by atoms with Crippen molar-refractivity contribution in [3.63, 3.8) is 0 Å². The molecule has 7 nitrogen and oxygen atoms in total. The summed E-state index contributed by atoms with van der Waals surface area (Å²) in [6.45, 7) is 10.5. The van der Waals surface area contributed by atoms with E-state index in [-0.39, 0.29) is 24.0 Å². The molecule has 142 valence electrons. The first-order valence-electron chi connectivity index (χ1n) is 8.64. The summed E-state index contributed by atoms with van der Waals surface area (Å²) < 4.78 is 5.00. The molecule has 1 aliphatic heterocycles. The molecule has 1 aromatic carbocycles. The standard InChI is InChI=1S/C18H26N6O.HI/c1-13-6-5-7-16(14(13)2)23-8-10-24(11-9-23)18(19-4)20-12-17-21-15(3)25-22-17;/h5-7H,8-12H2,1-4H3,(H,19,20);1H. The highest BCUT2D eigenvalue weighted by atomic mass is 127. The second-order valence-corrected chi connectivity index (χ2v) is 6.32. The van der Waals surface area contributed by atoms with Crippen LogP contribution < -0.4 is 10.2 Å². The number of benzene rings is 1. The maximum atomic E-state index is 5.00.